The molecule has 240 valence electrons. The minimum atomic E-state index is -2.40. The average Bonchev–Trinajstić information content (AvgIpc) is 2.63. The lowest BCUT2D eigenvalue weighted by Crippen LogP contribution is -2.35. The minimum Gasteiger partial charge on any atom is -0.595 e. The predicted octanol–water partition coefficient (Wildman–Crippen LogP) is 8.63. The van der Waals surface area contributed by atoms with Crippen LogP contribution in [0.1, 0.15) is 125 Å². The van der Waals surface area contributed by atoms with E-state index in [1.807, 2.05) is 125 Å². The Morgan fingerprint density at radius 2 is 0.643 bits per heavy atom. The Hall–Kier alpha value is -0.990. The molecule has 0 heterocycles. The monoisotopic (exact) mass is 642 g/mol. The van der Waals surface area contributed by atoms with Crippen LogP contribution in [0.2, 0.25) is 0 Å². The van der Waals surface area contributed by atoms with E-state index < -0.39 is 56.5 Å². The van der Waals surface area contributed by atoms with Crippen molar-refractivity contribution in [3.63, 3.8) is 0 Å². The molecule has 0 bridgehead atoms. The van der Waals surface area contributed by atoms with Gasteiger partial charge in [0.1, 0.15) is 15.9 Å². The fourth-order valence-electron chi connectivity index (χ4n) is 6.15. The third kappa shape index (κ3) is 10.6. The molecule has 1 aromatic carbocycles. The van der Waals surface area contributed by atoms with Gasteiger partial charge in [0.05, 0.1) is 0 Å². The van der Waals surface area contributed by atoms with Gasteiger partial charge in [-0.2, -0.15) is 0 Å². The highest BCUT2D eigenvalue weighted by atomic mass is 31.1. The van der Waals surface area contributed by atoms with Crippen LogP contribution in [0.25, 0.3) is 0 Å². The molecule has 0 saturated heterocycles. The molecule has 0 aliphatic rings. The van der Waals surface area contributed by atoms with E-state index in [1.54, 1.807) is 18.2 Å². The highest BCUT2D eigenvalue weighted by Crippen LogP contribution is 2.50. The first-order valence-electron chi connectivity index (χ1n) is 14.6. The quantitative estimate of drug-likeness (QED) is 0.288. The van der Waals surface area contributed by atoms with E-state index in [-0.39, 0.29) is 17.2 Å². The van der Waals surface area contributed by atoms with E-state index in [1.165, 1.54) is 0 Å². The molecule has 0 saturated carbocycles. The Balaban J connectivity index is 4.13. The van der Waals surface area contributed by atoms with E-state index in [9.17, 15) is 14.7 Å². The first kappa shape index (κ1) is 39.0. The summed E-state index contributed by atoms with van der Waals surface area (Å²) in [5, 5.41) is 2.20. The number of hydrogen-bond donors (Lipinski definition) is 0. The molecule has 3 unspecified atom stereocenters. The zero-order valence-corrected chi connectivity index (χ0v) is 32.2. The van der Waals surface area contributed by atoms with E-state index in [0.717, 1.165) is 10.6 Å². The van der Waals surface area contributed by atoms with Crippen molar-refractivity contribution in [2.24, 2.45) is 32.5 Å². The van der Waals surface area contributed by atoms with Crippen molar-refractivity contribution >= 4 is 39.9 Å². The molecule has 9 heteroatoms. The van der Waals surface area contributed by atoms with Gasteiger partial charge < -0.3 is 14.7 Å². The van der Waals surface area contributed by atoms with Crippen molar-refractivity contribution in [2.45, 2.75) is 125 Å². The minimum absolute atomic E-state index is 0.0284. The third-order valence-corrected chi connectivity index (χ3v) is 12.5. The summed E-state index contributed by atoms with van der Waals surface area (Å²) in [5.41, 5.74) is -2.48. The molecular weight excluding hydrogens is 585 g/mol. The van der Waals surface area contributed by atoms with Crippen molar-refractivity contribution in [1.29, 1.82) is 0 Å². The summed E-state index contributed by atoms with van der Waals surface area (Å²) in [6.45, 7) is 36.1. The van der Waals surface area contributed by atoms with Gasteiger partial charge in [-0.15, -0.1) is 0 Å². The lowest BCUT2D eigenvalue weighted by molar-refractivity contribution is -0.169. The van der Waals surface area contributed by atoms with Gasteiger partial charge in [0.15, 0.2) is 0 Å². The van der Waals surface area contributed by atoms with Crippen LogP contribution in [-0.4, -0.2) is 15.9 Å². The Bertz CT molecular complexity index is 1100. The molecule has 6 nitrogen and oxygen atoms in total. The fraction of sp³-hybridized carbons (Fsp3) is 0.727. The van der Waals surface area contributed by atoms with Gasteiger partial charge in [-0.1, -0.05) is 131 Å². The highest BCUT2D eigenvalue weighted by Gasteiger charge is 2.42. The van der Waals surface area contributed by atoms with Crippen LogP contribution in [0.15, 0.2) is 18.2 Å². The van der Waals surface area contributed by atoms with Crippen LogP contribution in [-0.2, 0) is 0 Å². The molecule has 0 aliphatic carbocycles. The molecule has 0 radical (unpaired) electrons. The summed E-state index contributed by atoms with van der Waals surface area (Å²) in [4.78, 5) is 41.7. The van der Waals surface area contributed by atoms with Crippen LogP contribution < -0.4 is 28.3 Å². The normalized spacial score (nSPS) is 14.6. The second-order valence-corrected chi connectivity index (χ2v) is 20.6. The van der Waals surface area contributed by atoms with Gasteiger partial charge in [-0.05, 0) is 12.1 Å². The van der Waals surface area contributed by atoms with Crippen molar-refractivity contribution in [2.75, 3.05) is 0 Å². The largest absolute Gasteiger partial charge is 0.595 e. The van der Waals surface area contributed by atoms with Crippen molar-refractivity contribution in [1.82, 2.24) is 0 Å². The van der Waals surface area contributed by atoms with E-state index in [2.05, 4.69) is 0 Å². The topological polar surface area (TPSA) is 96.9 Å². The van der Waals surface area contributed by atoms with E-state index in [4.69, 9.17) is 13.6 Å². The SMILES string of the molecule is CC(C)(C)C(=[P+]([O-])Oc1cccc(O[P+]([O-])=C(C(C)(C)C)C(C)(C)C)c1O[P+]([O-])=C(C(C)(C)C)C(C)(C)C)C(C)(C)C. The van der Waals surface area contributed by atoms with Gasteiger partial charge in [-0.3, -0.25) is 13.6 Å². The number of hydrogen-bond acceptors (Lipinski definition) is 6. The van der Waals surface area contributed by atoms with Crippen molar-refractivity contribution < 1.29 is 28.3 Å². The first-order valence-corrected chi connectivity index (χ1v) is 18.2. The molecule has 0 N–H and O–H groups in total. The molecule has 42 heavy (non-hydrogen) atoms. The van der Waals surface area contributed by atoms with Crippen LogP contribution in [0.3, 0.4) is 0 Å². The Labute approximate surface area is 260 Å². The maximum atomic E-state index is 14.0. The Kier molecular flexibility index (Phi) is 12.2. The summed E-state index contributed by atoms with van der Waals surface area (Å²) in [6, 6.07) is 4.93. The molecule has 0 fully saturated rings. The molecule has 0 amide bonds. The van der Waals surface area contributed by atoms with Gasteiger partial charge in [0.2, 0.25) is 11.5 Å². The van der Waals surface area contributed by atoms with Gasteiger partial charge >= 0.3 is 0 Å². The molecule has 0 aromatic heterocycles. The fourth-order valence-corrected chi connectivity index (χ4v) is 10.7. The third-order valence-electron chi connectivity index (χ3n) is 6.29. The second kappa shape index (κ2) is 13.2. The number of rotatable bonds is 6. The van der Waals surface area contributed by atoms with Gasteiger partial charge in [0.25, 0.3) is 29.7 Å². The average molecular weight is 643 g/mol. The molecular formula is C33H57O6P3. The molecule has 3 atom stereocenters. The standard InChI is InChI=1S/C33H57O6P3/c1-28(2,3)25(29(4,5)6)40(34)37-22-20-19-21-23(38-41(35)26(30(7,8)9)31(10,11)12)24(22)39-42(36)27(32(13,14)15)33(16,17)18/h19-21H,1-18H3. The zero-order chi connectivity index (χ0) is 33.4. The number of para-hydroxylation sites is 1. The maximum Gasteiger partial charge on any atom is 0.277 e. The molecule has 0 aliphatic heterocycles. The predicted molar refractivity (Wildman–Crippen MR) is 181 cm³/mol. The molecule has 0 spiro atoms. The second-order valence-electron chi connectivity index (χ2n) is 17.2. The van der Waals surface area contributed by atoms with Crippen molar-refractivity contribution in [3.8, 4) is 17.2 Å². The zero-order valence-electron chi connectivity index (χ0n) is 29.5. The maximum absolute atomic E-state index is 14.0. The van der Waals surface area contributed by atoms with Gasteiger partial charge in [-0.25, -0.2) is 0 Å². The summed E-state index contributed by atoms with van der Waals surface area (Å²) < 4.78 is 18.6. The number of benzene rings is 1. The Morgan fingerprint density at radius 3 is 0.857 bits per heavy atom. The summed E-state index contributed by atoms with van der Waals surface area (Å²) in [6.07, 6.45) is 0. The van der Waals surface area contributed by atoms with E-state index >= 15 is 0 Å². The summed E-state index contributed by atoms with van der Waals surface area (Å²) in [7, 11) is -7.05. The van der Waals surface area contributed by atoms with E-state index in [0.29, 0.717) is 5.29 Å². The lowest BCUT2D eigenvalue weighted by Gasteiger charge is -2.30. The van der Waals surface area contributed by atoms with Crippen LogP contribution in [0.5, 0.6) is 17.2 Å². The lowest BCUT2D eigenvalue weighted by atomic mass is 9.77. The smallest absolute Gasteiger partial charge is 0.277 e. The van der Waals surface area contributed by atoms with Crippen LogP contribution >= 0.6 is 24.0 Å². The van der Waals surface area contributed by atoms with Crippen LogP contribution in [0, 0.1) is 32.5 Å². The summed E-state index contributed by atoms with van der Waals surface area (Å²) >= 11 is 0. The molecule has 1 rings (SSSR count). The summed E-state index contributed by atoms with van der Waals surface area (Å²) in [5.74, 6) is 0.281. The highest BCUT2D eigenvalue weighted by molar-refractivity contribution is 7.48. The molecule has 1 aromatic rings. The Morgan fingerprint density at radius 1 is 0.429 bits per heavy atom. The van der Waals surface area contributed by atoms with Crippen molar-refractivity contribution in [3.05, 3.63) is 18.2 Å². The first-order chi connectivity index (χ1) is 18.4. The van der Waals surface area contributed by atoms with Crippen LogP contribution in [0.4, 0.5) is 0 Å². The van der Waals surface area contributed by atoms with Gasteiger partial charge in [0, 0.05) is 32.5 Å².